The SMILES string of the molecule is COc1cccc(C(=O)CCOC=O)c1. The van der Waals surface area contributed by atoms with Crippen molar-refractivity contribution in [3.8, 4) is 5.75 Å². The van der Waals surface area contributed by atoms with Crippen LogP contribution in [0.5, 0.6) is 5.75 Å². The van der Waals surface area contributed by atoms with Crippen LogP contribution in [0.4, 0.5) is 0 Å². The molecule has 0 unspecified atom stereocenters. The Morgan fingerprint density at radius 3 is 2.93 bits per heavy atom. The minimum absolute atomic E-state index is 0.0734. The highest BCUT2D eigenvalue weighted by molar-refractivity contribution is 5.96. The molecule has 1 rings (SSSR count). The Bertz CT molecular complexity index is 346. The zero-order valence-corrected chi connectivity index (χ0v) is 8.43. The van der Waals surface area contributed by atoms with Gasteiger partial charge < -0.3 is 9.47 Å². The number of methoxy groups -OCH3 is 1. The minimum atomic E-state index is -0.0734. The van der Waals surface area contributed by atoms with Crippen molar-refractivity contribution >= 4 is 12.3 Å². The molecule has 0 N–H and O–H groups in total. The third-order valence-electron chi connectivity index (χ3n) is 1.91. The molecule has 0 radical (unpaired) electrons. The standard InChI is InChI=1S/C11H12O4/c1-14-10-4-2-3-9(7-10)11(13)5-6-15-8-12/h2-4,7-8H,5-6H2,1H3. The van der Waals surface area contributed by atoms with Crippen LogP contribution in [0.15, 0.2) is 24.3 Å². The summed E-state index contributed by atoms with van der Waals surface area (Å²) in [5.74, 6) is 0.563. The van der Waals surface area contributed by atoms with Gasteiger partial charge in [0.1, 0.15) is 5.75 Å². The first kappa shape index (κ1) is 11.2. The Morgan fingerprint density at radius 2 is 2.27 bits per heavy atom. The lowest BCUT2D eigenvalue weighted by Crippen LogP contribution is -2.04. The number of carbonyl (C=O) groups is 2. The van der Waals surface area contributed by atoms with E-state index in [1.165, 1.54) is 0 Å². The first-order valence-corrected chi connectivity index (χ1v) is 4.50. The molecule has 1 aromatic rings. The van der Waals surface area contributed by atoms with Gasteiger partial charge in [-0.05, 0) is 12.1 Å². The summed E-state index contributed by atoms with van der Waals surface area (Å²) < 4.78 is 9.44. The molecule has 15 heavy (non-hydrogen) atoms. The van der Waals surface area contributed by atoms with Gasteiger partial charge in [0.25, 0.3) is 6.47 Å². The van der Waals surface area contributed by atoms with Crippen LogP contribution in [0.1, 0.15) is 16.8 Å². The van der Waals surface area contributed by atoms with E-state index < -0.39 is 0 Å². The van der Waals surface area contributed by atoms with E-state index in [4.69, 9.17) is 4.74 Å². The first-order valence-electron chi connectivity index (χ1n) is 4.50. The van der Waals surface area contributed by atoms with Gasteiger partial charge in [-0.1, -0.05) is 12.1 Å². The van der Waals surface area contributed by atoms with Gasteiger partial charge in [-0.3, -0.25) is 9.59 Å². The summed E-state index contributed by atoms with van der Waals surface area (Å²) in [6.07, 6.45) is 0.186. The Hall–Kier alpha value is -1.84. The Labute approximate surface area is 87.8 Å². The Kier molecular flexibility index (Phi) is 4.34. The van der Waals surface area contributed by atoms with Gasteiger partial charge in [0.15, 0.2) is 5.78 Å². The van der Waals surface area contributed by atoms with E-state index in [0.717, 1.165) is 0 Å². The topological polar surface area (TPSA) is 52.6 Å². The molecule has 1 aromatic carbocycles. The van der Waals surface area contributed by atoms with Crippen molar-refractivity contribution in [2.75, 3.05) is 13.7 Å². The van der Waals surface area contributed by atoms with Crippen molar-refractivity contribution in [1.29, 1.82) is 0 Å². The number of carbonyl (C=O) groups excluding carboxylic acids is 2. The zero-order valence-electron chi connectivity index (χ0n) is 8.43. The van der Waals surface area contributed by atoms with Gasteiger partial charge in [0.05, 0.1) is 13.7 Å². The third-order valence-corrected chi connectivity index (χ3v) is 1.91. The van der Waals surface area contributed by atoms with Crippen LogP contribution in [0.2, 0.25) is 0 Å². The third kappa shape index (κ3) is 3.42. The van der Waals surface area contributed by atoms with Gasteiger partial charge >= 0.3 is 0 Å². The summed E-state index contributed by atoms with van der Waals surface area (Å²) in [5, 5.41) is 0. The number of ether oxygens (including phenoxy) is 2. The zero-order chi connectivity index (χ0) is 11.1. The molecule has 4 nitrogen and oxygen atoms in total. The smallest absolute Gasteiger partial charge is 0.293 e. The summed E-state index contributed by atoms with van der Waals surface area (Å²) in [5.41, 5.74) is 0.559. The predicted molar refractivity (Wildman–Crippen MR) is 54.0 cm³/mol. The normalized spacial score (nSPS) is 9.40. The molecule has 0 bridgehead atoms. The van der Waals surface area contributed by atoms with Crippen LogP contribution in [-0.4, -0.2) is 26.0 Å². The fourth-order valence-corrected chi connectivity index (χ4v) is 1.14. The molecule has 0 aromatic heterocycles. The molecule has 0 spiro atoms. The molecule has 0 saturated heterocycles. The van der Waals surface area contributed by atoms with Crippen molar-refractivity contribution in [1.82, 2.24) is 0 Å². The van der Waals surface area contributed by atoms with Crippen LogP contribution < -0.4 is 4.74 Å². The minimum Gasteiger partial charge on any atom is -0.497 e. The maximum Gasteiger partial charge on any atom is 0.293 e. The number of ketones is 1. The van der Waals surface area contributed by atoms with Gasteiger partial charge in [-0.25, -0.2) is 0 Å². The summed E-state index contributed by atoms with van der Waals surface area (Å²) >= 11 is 0. The lowest BCUT2D eigenvalue weighted by atomic mass is 10.1. The van der Waals surface area contributed by atoms with E-state index in [9.17, 15) is 9.59 Å². The lowest BCUT2D eigenvalue weighted by molar-refractivity contribution is -0.128. The summed E-state index contributed by atoms with van der Waals surface area (Å²) in [4.78, 5) is 21.4. The Balaban J connectivity index is 2.60. The van der Waals surface area contributed by atoms with Crippen LogP contribution in [-0.2, 0) is 9.53 Å². The summed E-state index contributed by atoms with van der Waals surface area (Å²) in [6.45, 7) is 0.443. The second-order valence-electron chi connectivity index (χ2n) is 2.87. The molecule has 0 aliphatic carbocycles. The van der Waals surface area contributed by atoms with E-state index in [0.29, 0.717) is 17.8 Å². The highest BCUT2D eigenvalue weighted by Crippen LogP contribution is 2.13. The van der Waals surface area contributed by atoms with Crippen molar-refractivity contribution in [2.45, 2.75) is 6.42 Å². The van der Waals surface area contributed by atoms with E-state index in [1.54, 1.807) is 31.4 Å². The number of benzene rings is 1. The molecule has 0 amide bonds. The molecular weight excluding hydrogens is 196 g/mol. The summed E-state index contributed by atoms with van der Waals surface area (Å²) in [6, 6.07) is 6.86. The quantitative estimate of drug-likeness (QED) is 0.403. The molecule has 0 heterocycles. The fourth-order valence-electron chi connectivity index (χ4n) is 1.14. The van der Waals surface area contributed by atoms with E-state index >= 15 is 0 Å². The predicted octanol–water partition coefficient (Wildman–Crippen LogP) is 1.44. The van der Waals surface area contributed by atoms with Crippen molar-refractivity contribution in [3.05, 3.63) is 29.8 Å². The Morgan fingerprint density at radius 1 is 1.47 bits per heavy atom. The van der Waals surface area contributed by atoms with Gasteiger partial charge in [0, 0.05) is 12.0 Å². The molecule has 80 valence electrons. The lowest BCUT2D eigenvalue weighted by Gasteiger charge is -2.03. The van der Waals surface area contributed by atoms with Gasteiger partial charge in [0.2, 0.25) is 0 Å². The second-order valence-corrected chi connectivity index (χ2v) is 2.87. The number of hydrogen-bond acceptors (Lipinski definition) is 4. The van der Waals surface area contributed by atoms with E-state index in [-0.39, 0.29) is 18.8 Å². The van der Waals surface area contributed by atoms with Crippen LogP contribution >= 0.6 is 0 Å². The molecule has 0 fully saturated rings. The van der Waals surface area contributed by atoms with Crippen molar-refractivity contribution in [2.24, 2.45) is 0 Å². The highest BCUT2D eigenvalue weighted by atomic mass is 16.5. The first-order chi connectivity index (χ1) is 7.27. The number of rotatable bonds is 6. The molecule has 0 aliphatic rings. The maximum atomic E-state index is 11.5. The average molecular weight is 208 g/mol. The molecule has 0 aliphatic heterocycles. The van der Waals surface area contributed by atoms with Gasteiger partial charge in [-0.15, -0.1) is 0 Å². The summed E-state index contributed by atoms with van der Waals surface area (Å²) in [7, 11) is 1.54. The van der Waals surface area contributed by atoms with E-state index in [1.807, 2.05) is 0 Å². The van der Waals surface area contributed by atoms with Crippen LogP contribution in [0, 0.1) is 0 Å². The number of hydrogen-bond donors (Lipinski definition) is 0. The molecular formula is C11H12O4. The van der Waals surface area contributed by atoms with E-state index in [2.05, 4.69) is 4.74 Å². The van der Waals surface area contributed by atoms with Gasteiger partial charge in [-0.2, -0.15) is 0 Å². The van der Waals surface area contributed by atoms with Crippen molar-refractivity contribution in [3.63, 3.8) is 0 Å². The second kappa shape index (κ2) is 5.80. The number of Topliss-reactive ketones (excluding diaryl/α,β-unsaturated/α-hetero) is 1. The largest absolute Gasteiger partial charge is 0.497 e. The maximum absolute atomic E-state index is 11.5. The molecule has 0 atom stereocenters. The monoisotopic (exact) mass is 208 g/mol. The fraction of sp³-hybridized carbons (Fsp3) is 0.273. The average Bonchev–Trinajstić information content (AvgIpc) is 2.29. The van der Waals surface area contributed by atoms with Crippen LogP contribution in [0.3, 0.4) is 0 Å². The van der Waals surface area contributed by atoms with Crippen LogP contribution in [0.25, 0.3) is 0 Å². The highest BCUT2D eigenvalue weighted by Gasteiger charge is 2.06. The van der Waals surface area contributed by atoms with Crippen molar-refractivity contribution < 1.29 is 19.1 Å². The molecule has 4 heteroatoms. The molecule has 0 saturated carbocycles.